The average Bonchev–Trinajstić information content (AvgIpc) is 3.37. The molecule has 0 aliphatic carbocycles. The van der Waals surface area contributed by atoms with Crippen LogP contribution in [0.3, 0.4) is 0 Å². The van der Waals surface area contributed by atoms with Gasteiger partial charge in [0.25, 0.3) is 5.89 Å². The van der Waals surface area contributed by atoms with Crippen LogP contribution in [0.15, 0.2) is 26.7 Å². The first-order valence-electron chi connectivity index (χ1n) is 8.18. The fraction of sp³-hybridized carbons (Fsp3) is 0.467. The molecule has 0 radical (unpaired) electrons. The first-order chi connectivity index (χ1) is 12.6. The highest BCUT2D eigenvalue weighted by atomic mass is 32.1. The molecular formula is C15H19N5O4S2. The molecule has 0 saturated carbocycles. The van der Waals surface area contributed by atoms with E-state index in [0.717, 1.165) is 29.0 Å². The van der Waals surface area contributed by atoms with Gasteiger partial charge in [-0.25, -0.2) is 4.79 Å². The number of nitrogens with zero attached hydrogens (tertiary/aromatic N) is 2. The molecule has 1 saturated heterocycles. The number of aromatic nitrogens is 2. The van der Waals surface area contributed by atoms with Gasteiger partial charge in [-0.15, -0.1) is 16.4 Å². The fourth-order valence-electron chi connectivity index (χ4n) is 2.40. The summed E-state index contributed by atoms with van der Waals surface area (Å²) in [7, 11) is 0. The van der Waals surface area contributed by atoms with Crippen LogP contribution >= 0.6 is 23.6 Å². The monoisotopic (exact) mass is 397 g/mol. The van der Waals surface area contributed by atoms with Crippen molar-refractivity contribution in [2.45, 2.75) is 31.9 Å². The zero-order chi connectivity index (χ0) is 18.4. The van der Waals surface area contributed by atoms with Crippen molar-refractivity contribution in [3.8, 4) is 10.8 Å². The molecular weight excluding hydrogens is 378 g/mol. The fourth-order valence-corrected chi connectivity index (χ4v) is 3.18. The Bertz CT molecular complexity index is 795. The van der Waals surface area contributed by atoms with E-state index in [0.29, 0.717) is 11.7 Å². The standard InChI is InChI=1S/C15H19N5O4S2/c21-12(17-18-14(25)16-9-10-3-1-7-23-10)5-6-20-15(22)24-13(19-20)11-4-2-8-26-11/h2,4,8,10H,1,3,5-7,9H2,(H,17,21)(H2,16,18,25)/t10-/m1/s1. The molecule has 11 heteroatoms. The highest BCUT2D eigenvalue weighted by molar-refractivity contribution is 7.80. The van der Waals surface area contributed by atoms with Gasteiger partial charge in [-0.1, -0.05) is 6.07 Å². The molecule has 0 bridgehead atoms. The minimum Gasteiger partial charge on any atom is -0.387 e. The lowest BCUT2D eigenvalue weighted by atomic mass is 10.2. The van der Waals surface area contributed by atoms with E-state index < -0.39 is 5.76 Å². The summed E-state index contributed by atoms with van der Waals surface area (Å²) in [5, 5.41) is 9.25. The molecule has 1 aliphatic heterocycles. The smallest absolute Gasteiger partial charge is 0.387 e. The van der Waals surface area contributed by atoms with E-state index in [1.807, 2.05) is 17.5 Å². The summed E-state index contributed by atoms with van der Waals surface area (Å²) in [6, 6.07) is 3.65. The molecule has 9 nitrogen and oxygen atoms in total. The van der Waals surface area contributed by atoms with Gasteiger partial charge in [0.05, 0.1) is 17.5 Å². The van der Waals surface area contributed by atoms with Crippen LogP contribution in [0.1, 0.15) is 19.3 Å². The normalized spacial score (nSPS) is 16.4. The van der Waals surface area contributed by atoms with Crippen LogP contribution in [-0.4, -0.2) is 40.1 Å². The van der Waals surface area contributed by atoms with Gasteiger partial charge in [0.1, 0.15) is 0 Å². The molecule has 1 atom stereocenters. The zero-order valence-corrected chi connectivity index (χ0v) is 15.5. The largest absolute Gasteiger partial charge is 0.437 e. The summed E-state index contributed by atoms with van der Waals surface area (Å²) in [5.74, 6) is -0.662. The number of hydrogen-bond acceptors (Lipinski definition) is 7. The maximum atomic E-state index is 11.9. The van der Waals surface area contributed by atoms with E-state index in [9.17, 15) is 9.59 Å². The van der Waals surface area contributed by atoms with E-state index in [2.05, 4.69) is 21.3 Å². The molecule has 140 valence electrons. The summed E-state index contributed by atoms with van der Waals surface area (Å²) >= 11 is 6.50. The van der Waals surface area contributed by atoms with Crippen molar-refractivity contribution in [2.24, 2.45) is 0 Å². The Kier molecular flexibility index (Phi) is 6.36. The molecule has 26 heavy (non-hydrogen) atoms. The molecule has 0 aromatic carbocycles. The van der Waals surface area contributed by atoms with Gasteiger partial charge in [0.15, 0.2) is 5.11 Å². The Morgan fingerprint density at radius 2 is 2.35 bits per heavy atom. The highest BCUT2D eigenvalue weighted by Crippen LogP contribution is 2.20. The van der Waals surface area contributed by atoms with Gasteiger partial charge >= 0.3 is 5.76 Å². The number of rotatable bonds is 6. The third-order valence-electron chi connectivity index (χ3n) is 3.72. The van der Waals surface area contributed by atoms with Crippen LogP contribution < -0.4 is 21.9 Å². The van der Waals surface area contributed by atoms with Gasteiger partial charge < -0.3 is 14.5 Å². The van der Waals surface area contributed by atoms with Gasteiger partial charge in [-0.05, 0) is 36.5 Å². The number of amides is 1. The molecule has 3 rings (SSSR count). The Morgan fingerprint density at radius 3 is 3.08 bits per heavy atom. The van der Waals surface area contributed by atoms with E-state index >= 15 is 0 Å². The van der Waals surface area contributed by atoms with Crippen LogP contribution in [0.2, 0.25) is 0 Å². The molecule has 1 fully saturated rings. The van der Waals surface area contributed by atoms with Crippen molar-refractivity contribution in [3.05, 3.63) is 28.1 Å². The molecule has 2 aromatic rings. The van der Waals surface area contributed by atoms with E-state index in [1.165, 1.54) is 11.3 Å². The number of hydrogen-bond donors (Lipinski definition) is 3. The summed E-state index contributed by atoms with van der Waals surface area (Å²) in [6.07, 6.45) is 2.26. The van der Waals surface area contributed by atoms with Crippen LogP contribution in [0.5, 0.6) is 0 Å². The number of ether oxygens (including phenoxy) is 1. The number of thiophene rings is 1. The molecule has 0 unspecified atom stereocenters. The van der Waals surface area contributed by atoms with Gasteiger partial charge in [-0.3, -0.25) is 15.6 Å². The van der Waals surface area contributed by atoms with Gasteiger partial charge in [0, 0.05) is 19.6 Å². The van der Waals surface area contributed by atoms with Crippen molar-refractivity contribution in [3.63, 3.8) is 0 Å². The van der Waals surface area contributed by atoms with E-state index in [-0.39, 0.29) is 30.9 Å². The number of nitrogens with one attached hydrogen (secondary N) is 3. The van der Waals surface area contributed by atoms with Crippen molar-refractivity contribution in [2.75, 3.05) is 13.2 Å². The number of hydrazine groups is 1. The van der Waals surface area contributed by atoms with Crippen molar-refractivity contribution in [1.82, 2.24) is 25.9 Å². The van der Waals surface area contributed by atoms with E-state index in [1.54, 1.807) is 0 Å². The van der Waals surface area contributed by atoms with Crippen LogP contribution in [0, 0.1) is 0 Å². The Morgan fingerprint density at radius 1 is 1.46 bits per heavy atom. The summed E-state index contributed by atoms with van der Waals surface area (Å²) < 4.78 is 11.7. The van der Waals surface area contributed by atoms with Crippen LogP contribution in [-0.2, 0) is 16.1 Å². The second-order valence-corrected chi connectivity index (χ2v) is 7.00. The second-order valence-electron chi connectivity index (χ2n) is 5.64. The van der Waals surface area contributed by atoms with Gasteiger partial charge in [-0.2, -0.15) is 4.68 Å². The Hall–Kier alpha value is -2.24. The quantitative estimate of drug-likeness (QED) is 0.481. The summed E-state index contributed by atoms with van der Waals surface area (Å²) in [4.78, 5) is 24.4. The SMILES string of the molecule is O=C(CCn1nc(-c2cccs2)oc1=O)NNC(=S)NC[C@H]1CCCO1. The number of aryl methyl sites for hydroxylation is 1. The molecule has 0 spiro atoms. The number of carbonyl (C=O) groups is 1. The third kappa shape index (κ3) is 5.13. The number of thiocarbonyl (C=S) groups is 1. The summed E-state index contributed by atoms with van der Waals surface area (Å²) in [6.45, 7) is 1.48. The Labute approximate surface area is 158 Å². The molecule has 1 aliphatic rings. The lowest BCUT2D eigenvalue weighted by Crippen LogP contribution is -2.48. The lowest BCUT2D eigenvalue weighted by Gasteiger charge is -2.14. The third-order valence-corrected chi connectivity index (χ3v) is 4.82. The highest BCUT2D eigenvalue weighted by Gasteiger charge is 2.15. The maximum Gasteiger partial charge on any atom is 0.437 e. The topological polar surface area (TPSA) is 110 Å². The second kappa shape index (κ2) is 8.92. The lowest BCUT2D eigenvalue weighted by molar-refractivity contribution is -0.121. The predicted octanol–water partition coefficient (Wildman–Crippen LogP) is 0.629. The first-order valence-corrected chi connectivity index (χ1v) is 9.47. The minimum atomic E-state index is -0.595. The molecule has 3 N–H and O–H groups in total. The maximum absolute atomic E-state index is 11.9. The van der Waals surface area contributed by atoms with Crippen LogP contribution in [0.25, 0.3) is 10.8 Å². The summed E-state index contributed by atoms with van der Waals surface area (Å²) in [5.41, 5.74) is 5.10. The number of carbonyl (C=O) groups excluding carboxylic acids is 1. The molecule has 3 heterocycles. The van der Waals surface area contributed by atoms with Crippen molar-refractivity contribution >= 4 is 34.6 Å². The molecule has 2 aromatic heterocycles. The zero-order valence-electron chi connectivity index (χ0n) is 13.9. The van der Waals surface area contributed by atoms with Crippen LogP contribution in [0.4, 0.5) is 0 Å². The Balaban J connectivity index is 1.38. The molecule has 1 amide bonds. The van der Waals surface area contributed by atoms with Crippen molar-refractivity contribution in [1.29, 1.82) is 0 Å². The first kappa shape index (κ1) is 18.5. The predicted molar refractivity (Wildman–Crippen MR) is 99.5 cm³/mol. The van der Waals surface area contributed by atoms with E-state index in [4.69, 9.17) is 21.4 Å². The minimum absolute atomic E-state index is 0.0532. The van der Waals surface area contributed by atoms with Gasteiger partial charge in [0.2, 0.25) is 5.91 Å². The van der Waals surface area contributed by atoms with Crippen molar-refractivity contribution < 1.29 is 13.9 Å². The average molecular weight is 397 g/mol.